The van der Waals surface area contributed by atoms with Gasteiger partial charge >= 0.3 is 0 Å². The molecule has 0 atom stereocenters. The average molecular weight is 460 g/mol. The van der Waals surface area contributed by atoms with Gasteiger partial charge in [-0.25, -0.2) is 4.98 Å². The summed E-state index contributed by atoms with van der Waals surface area (Å²) in [6.07, 6.45) is 5.45. The molecule has 0 saturated carbocycles. The predicted octanol–water partition coefficient (Wildman–Crippen LogP) is 2.28. The molecule has 1 aromatic carbocycles. The first-order valence-electron chi connectivity index (χ1n) is 11.0. The Morgan fingerprint density at radius 1 is 1.15 bits per heavy atom. The number of aryl methyl sites for hydroxylation is 1. The number of aromatic amines is 1. The zero-order valence-corrected chi connectivity index (χ0v) is 18.6. The number of pyridine rings is 1. The Labute approximate surface area is 194 Å². The van der Waals surface area contributed by atoms with Crippen LogP contribution in [0.4, 0.5) is 0 Å². The fraction of sp³-hybridized carbons (Fsp3) is 0.292. The Morgan fingerprint density at radius 2 is 1.91 bits per heavy atom. The van der Waals surface area contributed by atoms with Gasteiger partial charge in [-0.15, -0.1) is 0 Å². The molecule has 2 N–H and O–H groups in total. The standard InChI is InChI=1S/C24H24N6O4/c1-16-27-21-20(14-26-28-21)23(32)30(16)15-24(33)8-11-29(12-9-24)22(31)17-4-6-18(7-5-17)34-19-3-2-10-25-13-19/h2-7,10,13-14,33H,8-9,11-12,15H2,1H3,(H,26,28). The van der Waals surface area contributed by atoms with E-state index in [1.165, 1.54) is 10.8 Å². The van der Waals surface area contributed by atoms with Crippen molar-refractivity contribution in [3.63, 3.8) is 0 Å². The number of likely N-dealkylation sites (tertiary alicyclic amines) is 1. The Morgan fingerprint density at radius 3 is 2.62 bits per heavy atom. The maximum Gasteiger partial charge on any atom is 0.264 e. The van der Waals surface area contributed by atoms with Gasteiger partial charge < -0.3 is 14.7 Å². The normalized spacial score (nSPS) is 15.4. The molecule has 3 aromatic heterocycles. The molecule has 0 bridgehead atoms. The van der Waals surface area contributed by atoms with Crippen molar-refractivity contribution < 1.29 is 14.6 Å². The van der Waals surface area contributed by atoms with E-state index in [1.54, 1.807) is 60.6 Å². The zero-order chi connectivity index (χ0) is 23.7. The molecule has 5 rings (SSSR count). The molecule has 0 unspecified atom stereocenters. The van der Waals surface area contributed by atoms with Crippen LogP contribution in [0.3, 0.4) is 0 Å². The SMILES string of the molecule is Cc1nc2[nH]ncc2c(=O)n1CC1(O)CCN(C(=O)c2ccc(Oc3cccnc3)cc2)CC1. The number of carbonyl (C=O) groups excluding carboxylic acids is 1. The molecule has 4 aromatic rings. The number of aliphatic hydroxyl groups is 1. The Bertz CT molecular complexity index is 1370. The van der Waals surface area contributed by atoms with Gasteiger partial charge in [-0.05, 0) is 56.2 Å². The van der Waals surface area contributed by atoms with E-state index in [9.17, 15) is 14.7 Å². The van der Waals surface area contributed by atoms with Crippen LogP contribution in [0, 0.1) is 6.92 Å². The highest BCUT2D eigenvalue weighted by molar-refractivity contribution is 5.94. The molecule has 10 heteroatoms. The van der Waals surface area contributed by atoms with Gasteiger partial charge in [-0.1, -0.05) is 0 Å². The van der Waals surface area contributed by atoms with Crippen molar-refractivity contribution in [2.75, 3.05) is 13.1 Å². The highest BCUT2D eigenvalue weighted by Crippen LogP contribution is 2.26. The van der Waals surface area contributed by atoms with Crippen LogP contribution in [0.1, 0.15) is 29.0 Å². The summed E-state index contributed by atoms with van der Waals surface area (Å²) in [6.45, 7) is 2.62. The predicted molar refractivity (Wildman–Crippen MR) is 124 cm³/mol. The third kappa shape index (κ3) is 4.27. The van der Waals surface area contributed by atoms with E-state index in [0.717, 1.165) is 0 Å². The quantitative estimate of drug-likeness (QED) is 0.468. The van der Waals surface area contributed by atoms with Gasteiger partial charge in [0.25, 0.3) is 11.5 Å². The number of nitrogens with zero attached hydrogens (tertiary/aromatic N) is 5. The molecular weight excluding hydrogens is 436 g/mol. The number of amides is 1. The van der Waals surface area contributed by atoms with Crippen molar-refractivity contribution in [3.05, 3.63) is 76.7 Å². The summed E-state index contributed by atoms with van der Waals surface area (Å²) in [5, 5.41) is 18.1. The monoisotopic (exact) mass is 460 g/mol. The molecule has 1 fully saturated rings. The average Bonchev–Trinajstić information content (AvgIpc) is 3.32. The highest BCUT2D eigenvalue weighted by Gasteiger charge is 2.35. The van der Waals surface area contributed by atoms with Crippen LogP contribution in [0.2, 0.25) is 0 Å². The minimum Gasteiger partial charge on any atom is -0.456 e. The number of nitrogens with one attached hydrogen (secondary N) is 1. The van der Waals surface area contributed by atoms with Crippen molar-refractivity contribution in [1.82, 2.24) is 29.6 Å². The molecule has 4 heterocycles. The van der Waals surface area contributed by atoms with Gasteiger partial charge in [0.2, 0.25) is 0 Å². The van der Waals surface area contributed by atoms with Crippen molar-refractivity contribution in [3.8, 4) is 11.5 Å². The molecule has 1 saturated heterocycles. The smallest absolute Gasteiger partial charge is 0.264 e. The van der Waals surface area contributed by atoms with Crippen LogP contribution in [0.5, 0.6) is 11.5 Å². The summed E-state index contributed by atoms with van der Waals surface area (Å²) in [6, 6.07) is 10.5. The highest BCUT2D eigenvalue weighted by atomic mass is 16.5. The maximum absolute atomic E-state index is 13.0. The fourth-order valence-electron chi connectivity index (χ4n) is 4.19. The molecule has 0 aliphatic carbocycles. The van der Waals surface area contributed by atoms with E-state index >= 15 is 0 Å². The lowest BCUT2D eigenvalue weighted by Gasteiger charge is -2.38. The number of benzene rings is 1. The number of carbonyl (C=O) groups is 1. The van der Waals surface area contributed by atoms with Crippen LogP contribution in [0.15, 0.2) is 59.8 Å². The summed E-state index contributed by atoms with van der Waals surface area (Å²) in [4.78, 5) is 35.9. The second-order valence-electron chi connectivity index (χ2n) is 8.51. The van der Waals surface area contributed by atoms with Gasteiger partial charge in [0.05, 0.1) is 24.5 Å². The molecule has 0 spiro atoms. The van der Waals surface area contributed by atoms with Gasteiger partial charge in [0.1, 0.15) is 22.7 Å². The zero-order valence-electron chi connectivity index (χ0n) is 18.6. The fourth-order valence-corrected chi connectivity index (χ4v) is 4.19. The third-order valence-electron chi connectivity index (χ3n) is 6.16. The Kier molecular flexibility index (Phi) is 5.58. The van der Waals surface area contributed by atoms with Crippen LogP contribution in [-0.2, 0) is 6.54 Å². The summed E-state index contributed by atoms with van der Waals surface area (Å²) in [7, 11) is 0. The second kappa shape index (κ2) is 8.71. The molecule has 1 amide bonds. The van der Waals surface area contributed by atoms with Gasteiger partial charge in [-0.2, -0.15) is 5.10 Å². The van der Waals surface area contributed by atoms with Crippen molar-refractivity contribution in [1.29, 1.82) is 0 Å². The number of aromatic nitrogens is 5. The first-order chi connectivity index (χ1) is 16.4. The lowest BCUT2D eigenvalue weighted by Crippen LogP contribution is -2.50. The minimum absolute atomic E-state index is 0.107. The number of fused-ring (bicyclic) bond motifs is 1. The lowest BCUT2D eigenvalue weighted by atomic mass is 9.90. The summed E-state index contributed by atoms with van der Waals surface area (Å²) >= 11 is 0. The number of ether oxygens (including phenoxy) is 1. The van der Waals surface area contributed by atoms with Crippen LogP contribution in [-0.4, -0.2) is 59.3 Å². The van der Waals surface area contributed by atoms with Crippen molar-refractivity contribution in [2.45, 2.75) is 31.9 Å². The Balaban J connectivity index is 1.23. The van der Waals surface area contributed by atoms with Gasteiger partial charge in [0.15, 0.2) is 5.65 Å². The number of H-pyrrole nitrogens is 1. The molecule has 0 radical (unpaired) electrons. The largest absolute Gasteiger partial charge is 0.456 e. The van der Waals surface area contributed by atoms with Crippen LogP contribution in [0.25, 0.3) is 11.0 Å². The van der Waals surface area contributed by atoms with Crippen LogP contribution >= 0.6 is 0 Å². The van der Waals surface area contributed by atoms with Gasteiger partial charge in [0, 0.05) is 24.8 Å². The first-order valence-corrected chi connectivity index (χ1v) is 11.0. The van der Waals surface area contributed by atoms with E-state index in [4.69, 9.17) is 4.74 Å². The number of rotatable bonds is 5. The van der Waals surface area contributed by atoms with E-state index in [-0.39, 0.29) is 18.0 Å². The first kappa shape index (κ1) is 21.8. The molecule has 174 valence electrons. The van der Waals surface area contributed by atoms with E-state index in [1.807, 2.05) is 0 Å². The number of hydrogen-bond donors (Lipinski definition) is 2. The van der Waals surface area contributed by atoms with E-state index in [2.05, 4.69) is 20.2 Å². The molecule has 1 aliphatic rings. The topological polar surface area (TPSA) is 126 Å². The second-order valence-corrected chi connectivity index (χ2v) is 8.51. The summed E-state index contributed by atoms with van der Waals surface area (Å²) in [5.41, 5.74) is -0.364. The number of piperidine rings is 1. The lowest BCUT2D eigenvalue weighted by molar-refractivity contribution is -0.0303. The molecular formula is C24H24N6O4. The van der Waals surface area contributed by atoms with E-state index < -0.39 is 5.60 Å². The van der Waals surface area contributed by atoms with E-state index in [0.29, 0.717) is 59.9 Å². The summed E-state index contributed by atoms with van der Waals surface area (Å²) in [5.74, 6) is 1.63. The molecule has 1 aliphatic heterocycles. The minimum atomic E-state index is -1.11. The molecule has 10 nitrogen and oxygen atoms in total. The molecule has 34 heavy (non-hydrogen) atoms. The van der Waals surface area contributed by atoms with Gasteiger partial charge in [-0.3, -0.25) is 24.2 Å². The summed E-state index contributed by atoms with van der Waals surface area (Å²) < 4.78 is 7.21. The van der Waals surface area contributed by atoms with Crippen LogP contribution < -0.4 is 10.3 Å². The Hall–Kier alpha value is -4.05. The van der Waals surface area contributed by atoms with Crippen molar-refractivity contribution >= 4 is 16.9 Å². The number of hydrogen-bond acceptors (Lipinski definition) is 7. The van der Waals surface area contributed by atoms with Crippen molar-refractivity contribution in [2.24, 2.45) is 0 Å². The maximum atomic E-state index is 13.0. The third-order valence-corrected chi connectivity index (χ3v) is 6.16.